The summed E-state index contributed by atoms with van der Waals surface area (Å²) >= 11 is 0. The van der Waals surface area contributed by atoms with E-state index < -0.39 is 5.82 Å². The third-order valence-electron chi connectivity index (χ3n) is 2.92. The van der Waals surface area contributed by atoms with Gasteiger partial charge < -0.3 is 15.7 Å². The number of aliphatic hydroxyl groups is 1. The topological polar surface area (TPSA) is 66.6 Å². The molecule has 0 unspecified atom stereocenters. The Hall–Kier alpha value is -1.62. The van der Waals surface area contributed by atoms with Crippen LogP contribution in [0.2, 0.25) is 0 Å². The van der Waals surface area contributed by atoms with Crippen molar-refractivity contribution in [2.45, 2.75) is 18.9 Å². The first kappa shape index (κ1) is 11.9. The number of aliphatic hydroxyl groups excluding tert-OH is 1. The molecule has 0 saturated carbocycles. The summed E-state index contributed by atoms with van der Waals surface area (Å²) in [6.45, 7) is 0.993. The number of hydrogen-bond acceptors (Lipinski definition) is 3. The number of nitrogens with zero attached hydrogens (tertiary/aromatic N) is 1. The maximum atomic E-state index is 13.1. The highest BCUT2D eigenvalue weighted by molar-refractivity contribution is 5.95. The lowest BCUT2D eigenvalue weighted by atomic mass is 10.1. The van der Waals surface area contributed by atoms with Crippen LogP contribution in [0, 0.1) is 5.82 Å². The summed E-state index contributed by atoms with van der Waals surface area (Å²) in [4.78, 5) is 13.6. The predicted octanol–water partition coefficient (Wildman–Crippen LogP) is 1.00. The second-order valence-corrected chi connectivity index (χ2v) is 4.30. The van der Waals surface area contributed by atoms with Crippen molar-refractivity contribution in [3.8, 4) is 0 Å². The minimum Gasteiger partial charge on any atom is -0.399 e. The van der Waals surface area contributed by atoms with Gasteiger partial charge in [0.2, 0.25) is 0 Å². The van der Waals surface area contributed by atoms with Crippen LogP contribution in [-0.4, -0.2) is 35.1 Å². The van der Waals surface area contributed by atoms with Crippen LogP contribution in [0.15, 0.2) is 18.2 Å². The third-order valence-corrected chi connectivity index (χ3v) is 2.92. The third kappa shape index (κ3) is 2.74. The van der Waals surface area contributed by atoms with E-state index in [-0.39, 0.29) is 23.3 Å². The number of nitrogen functional groups attached to an aromatic ring is 1. The standard InChI is InChI=1S/C12H15FN2O2/c13-9-5-8(6-10(14)7-9)12(17)15-3-1-11(16)2-4-15/h5-7,11,16H,1-4,14H2. The van der Waals surface area contributed by atoms with Crippen LogP contribution in [0.5, 0.6) is 0 Å². The highest BCUT2D eigenvalue weighted by atomic mass is 19.1. The molecule has 1 aliphatic rings. The Bertz CT molecular complexity index is 408. The molecule has 1 heterocycles. The van der Waals surface area contributed by atoms with Crippen molar-refractivity contribution < 1.29 is 14.3 Å². The maximum absolute atomic E-state index is 13.1. The van der Waals surface area contributed by atoms with Crippen LogP contribution >= 0.6 is 0 Å². The summed E-state index contributed by atoms with van der Waals surface area (Å²) in [7, 11) is 0. The summed E-state index contributed by atoms with van der Waals surface area (Å²) in [6.07, 6.45) is 0.796. The van der Waals surface area contributed by atoms with Crippen molar-refractivity contribution in [3.05, 3.63) is 29.6 Å². The summed E-state index contributed by atoms with van der Waals surface area (Å²) < 4.78 is 13.1. The molecule has 2 rings (SSSR count). The number of likely N-dealkylation sites (tertiary alicyclic amines) is 1. The Morgan fingerprint density at radius 1 is 1.35 bits per heavy atom. The van der Waals surface area contributed by atoms with Crippen LogP contribution in [0.3, 0.4) is 0 Å². The molecule has 1 aliphatic heterocycles. The first-order valence-electron chi connectivity index (χ1n) is 5.59. The number of hydrogen-bond donors (Lipinski definition) is 2. The molecule has 5 heteroatoms. The van der Waals surface area contributed by atoms with Gasteiger partial charge in [0, 0.05) is 24.3 Å². The van der Waals surface area contributed by atoms with Gasteiger partial charge in [0.05, 0.1) is 6.10 Å². The van der Waals surface area contributed by atoms with Gasteiger partial charge in [0.1, 0.15) is 5.82 Å². The Kier molecular flexibility index (Phi) is 3.28. The monoisotopic (exact) mass is 238 g/mol. The Labute approximate surface area is 98.8 Å². The summed E-state index contributed by atoms with van der Waals surface area (Å²) in [5, 5.41) is 9.35. The van der Waals surface area contributed by atoms with Crippen LogP contribution in [-0.2, 0) is 0 Å². The molecular weight excluding hydrogens is 223 g/mol. The van der Waals surface area contributed by atoms with Crippen LogP contribution in [0.4, 0.5) is 10.1 Å². The zero-order valence-electron chi connectivity index (χ0n) is 9.40. The number of carbonyl (C=O) groups is 1. The summed E-state index contributed by atoms with van der Waals surface area (Å²) in [5.41, 5.74) is 6.00. The largest absolute Gasteiger partial charge is 0.399 e. The Morgan fingerprint density at radius 3 is 2.59 bits per heavy atom. The maximum Gasteiger partial charge on any atom is 0.254 e. The minimum absolute atomic E-state index is 0.233. The second-order valence-electron chi connectivity index (χ2n) is 4.30. The van der Waals surface area contributed by atoms with Crippen molar-refractivity contribution in [2.75, 3.05) is 18.8 Å². The number of rotatable bonds is 1. The lowest BCUT2D eigenvalue weighted by molar-refractivity contribution is 0.0546. The van der Waals surface area contributed by atoms with Crippen LogP contribution in [0.25, 0.3) is 0 Å². The molecule has 17 heavy (non-hydrogen) atoms. The van der Waals surface area contributed by atoms with E-state index in [2.05, 4.69) is 0 Å². The highest BCUT2D eigenvalue weighted by Crippen LogP contribution is 2.16. The molecule has 0 atom stereocenters. The number of amides is 1. The average molecular weight is 238 g/mol. The fourth-order valence-corrected chi connectivity index (χ4v) is 1.99. The smallest absolute Gasteiger partial charge is 0.254 e. The van der Waals surface area contributed by atoms with E-state index >= 15 is 0 Å². The zero-order valence-corrected chi connectivity index (χ0v) is 9.40. The van der Waals surface area contributed by atoms with Gasteiger partial charge in [0.15, 0.2) is 0 Å². The first-order chi connectivity index (χ1) is 8.06. The molecule has 1 fully saturated rings. The van der Waals surface area contributed by atoms with Crippen LogP contribution < -0.4 is 5.73 Å². The molecule has 0 radical (unpaired) electrons. The molecule has 1 amide bonds. The molecule has 0 aromatic heterocycles. The van der Waals surface area contributed by atoms with E-state index in [1.54, 1.807) is 4.90 Å². The SMILES string of the molecule is Nc1cc(F)cc(C(=O)N2CCC(O)CC2)c1. The number of anilines is 1. The molecule has 0 aliphatic carbocycles. The van der Waals surface area contributed by atoms with Gasteiger partial charge in [-0.1, -0.05) is 0 Å². The number of halogens is 1. The van der Waals surface area contributed by atoms with E-state index in [1.807, 2.05) is 0 Å². The van der Waals surface area contributed by atoms with Gasteiger partial charge in [-0.25, -0.2) is 4.39 Å². The normalized spacial score (nSPS) is 17.2. The van der Waals surface area contributed by atoms with E-state index in [0.717, 1.165) is 0 Å². The quantitative estimate of drug-likeness (QED) is 0.717. The van der Waals surface area contributed by atoms with Crippen molar-refractivity contribution in [2.24, 2.45) is 0 Å². The fraction of sp³-hybridized carbons (Fsp3) is 0.417. The lowest BCUT2D eigenvalue weighted by Crippen LogP contribution is -2.40. The van der Waals surface area contributed by atoms with Gasteiger partial charge in [0.25, 0.3) is 5.91 Å². The molecule has 1 aromatic rings. The number of benzene rings is 1. The van der Waals surface area contributed by atoms with E-state index in [0.29, 0.717) is 25.9 Å². The van der Waals surface area contributed by atoms with Gasteiger partial charge in [-0.2, -0.15) is 0 Å². The molecule has 1 saturated heterocycles. The fourth-order valence-electron chi connectivity index (χ4n) is 1.99. The molecule has 3 N–H and O–H groups in total. The van der Waals surface area contributed by atoms with E-state index in [1.165, 1.54) is 18.2 Å². The molecule has 92 valence electrons. The van der Waals surface area contributed by atoms with Crippen molar-refractivity contribution in [3.63, 3.8) is 0 Å². The summed E-state index contributed by atoms with van der Waals surface area (Å²) in [6, 6.07) is 3.83. The Morgan fingerprint density at radius 2 is 2.00 bits per heavy atom. The predicted molar refractivity (Wildman–Crippen MR) is 62.0 cm³/mol. The minimum atomic E-state index is -0.509. The van der Waals surface area contributed by atoms with Gasteiger partial charge in [-0.05, 0) is 31.0 Å². The second kappa shape index (κ2) is 4.71. The lowest BCUT2D eigenvalue weighted by Gasteiger charge is -2.29. The Balaban J connectivity index is 2.14. The van der Waals surface area contributed by atoms with E-state index in [9.17, 15) is 14.3 Å². The zero-order chi connectivity index (χ0) is 12.4. The van der Waals surface area contributed by atoms with Crippen molar-refractivity contribution in [1.82, 2.24) is 4.90 Å². The average Bonchev–Trinajstić information content (AvgIpc) is 2.28. The van der Waals surface area contributed by atoms with Crippen LogP contribution in [0.1, 0.15) is 23.2 Å². The van der Waals surface area contributed by atoms with Gasteiger partial charge in [-0.15, -0.1) is 0 Å². The van der Waals surface area contributed by atoms with Crippen molar-refractivity contribution in [1.29, 1.82) is 0 Å². The number of nitrogens with two attached hydrogens (primary N) is 1. The first-order valence-corrected chi connectivity index (χ1v) is 5.59. The molecule has 1 aromatic carbocycles. The van der Waals surface area contributed by atoms with Crippen molar-refractivity contribution >= 4 is 11.6 Å². The van der Waals surface area contributed by atoms with Gasteiger partial charge >= 0.3 is 0 Å². The molecular formula is C12H15FN2O2. The number of piperidine rings is 1. The number of carbonyl (C=O) groups excluding carboxylic acids is 1. The molecule has 4 nitrogen and oxygen atoms in total. The van der Waals surface area contributed by atoms with Gasteiger partial charge in [-0.3, -0.25) is 4.79 Å². The molecule has 0 spiro atoms. The van der Waals surface area contributed by atoms with E-state index in [4.69, 9.17) is 5.73 Å². The highest BCUT2D eigenvalue weighted by Gasteiger charge is 2.22. The molecule has 0 bridgehead atoms. The summed E-state index contributed by atoms with van der Waals surface area (Å²) in [5.74, 6) is -0.742.